The van der Waals surface area contributed by atoms with Crippen molar-refractivity contribution in [2.45, 2.75) is 13.0 Å². The molecule has 0 aliphatic carbocycles. The van der Waals surface area contributed by atoms with Crippen molar-refractivity contribution in [3.8, 4) is 11.5 Å². The second-order valence-electron chi connectivity index (χ2n) is 5.12. The van der Waals surface area contributed by atoms with Crippen LogP contribution in [0.1, 0.15) is 6.92 Å². The van der Waals surface area contributed by atoms with Crippen LogP contribution in [0.25, 0.3) is 0 Å². The Kier molecular flexibility index (Phi) is 5.68. The maximum Gasteiger partial charge on any atom is 0.292 e. The van der Waals surface area contributed by atoms with E-state index in [1.807, 2.05) is 0 Å². The van der Waals surface area contributed by atoms with Crippen LogP contribution < -0.4 is 14.8 Å². The lowest BCUT2D eigenvalue weighted by molar-refractivity contribution is -0.385. The van der Waals surface area contributed by atoms with Gasteiger partial charge in [0.25, 0.3) is 17.3 Å². The van der Waals surface area contributed by atoms with E-state index in [-0.39, 0.29) is 28.6 Å². The number of carbonyl (C=O) groups excluding carboxylic acids is 1. The number of nitrogens with zero attached hydrogens (tertiary/aromatic N) is 2. The zero-order chi connectivity index (χ0) is 19.3. The molecular formula is C16H15N3O7. The summed E-state index contributed by atoms with van der Waals surface area (Å²) < 4.78 is 10.5. The van der Waals surface area contributed by atoms with E-state index in [2.05, 4.69) is 5.32 Å². The Morgan fingerprint density at radius 3 is 2.38 bits per heavy atom. The van der Waals surface area contributed by atoms with E-state index >= 15 is 0 Å². The predicted octanol–water partition coefficient (Wildman–Crippen LogP) is 2.92. The number of para-hydroxylation sites is 2. The highest BCUT2D eigenvalue weighted by atomic mass is 16.6. The Balaban J connectivity index is 2.19. The minimum atomic E-state index is -1.09. The first-order valence-electron chi connectivity index (χ1n) is 7.37. The molecule has 1 N–H and O–H groups in total. The Morgan fingerprint density at radius 1 is 1.08 bits per heavy atom. The van der Waals surface area contributed by atoms with Gasteiger partial charge in [0.1, 0.15) is 5.69 Å². The standard InChI is InChI=1S/C16H15N3O7/c1-10(16(20)17-12-5-3-4-6-13(12)19(23)24)26-15-9-11(18(21)22)7-8-14(15)25-2/h3-10H,1-2H3,(H,17,20)/t10-/m1/s1. The number of nitro groups is 2. The van der Waals surface area contributed by atoms with Gasteiger partial charge in [-0.1, -0.05) is 12.1 Å². The van der Waals surface area contributed by atoms with E-state index in [0.717, 1.165) is 6.07 Å². The maximum atomic E-state index is 12.3. The summed E-state index contributed by atoms with van der Waals surface area (Å²) >= 11 is 0. The third-order valence-electron chi connectivity index (χ3n) is 3.39. The van der Waals surface area contributed by atoms with Crippen LogP contribution in [-0.4, -0.2) is 29.0 Å². The molecule has 0 bridgehead atoms. The van der Waals surface area contributed by atoms with Crippen molar-refractivity contribution >= 4 is 23.0 Å². The lowest BCUT2D eigenvalue weighted by Gasteiger charge is -2.16. The number of rotatable bonds is 7. The van der Waals surface area contributed by atoms with Gasteiger partial charge in [-0.25, -0.2) is 0 Å². The van der Waals surface area contributed by atoms with Crippen LogP contribution >= 0.6 is 0 Å². The number of amides is 1. The fourth-order valence-electron chi connectivity index (χ4n) is 2.09. The topological polar surface area (TPSA) is 134 Å². The monoisotopic (exact) mass is 361 g/mol. The third-order valence-corrected chi connectivity index (χ3v) is 3.39. The van der Waals surface area contributed by atoms with Gasteiger partial charge in [-0.2, -0.15) is 0 Å². The van der Waals surface area contributed by atoms with Crippen molar-refractivity contribution in [1.82, 2.24) is 0 Å². The van der Waals surface area contributed by atoms with Gasteiger partial charge in [0.05, 0.1) is 23.0 Å². The second-order valence-corrected chi connectivity index (χ2v) is 5.12. The number of nitrogens with one attached hydrogen (secondary N) is 1. The Bertz CT molecular complexity index is 853. The molecular weight excluding hydrogens is 346 g/mol. The smallest absolute Gasteiger partial charge is 0.292 e. The molecule has 136 valence electrons. The Hall–Kier alpha value is -3.69. The van der Waals surface area contributed by atoms with Crippen molar-refractivity contribution < 1.29 is 24.1 Å². The van der Waals surface area contributed by atoms with Crippen LogP contribution in [0.4, 0.5) is 17.1 Å². The fraction of sp³-hybridized carbons (Fsp3) is 0.188. The summed E-state index contributed by atoms with van der Waals surface area (Å²) in [6.07, 6.45) is -1.09. The number of anilines is 1. The van der Waals surface area contributed by atoms with Crippen LogP contribution in [0, 0.1) is 20.2 Å². The van der Waals surface area contributed by atoms with E-state index in [4.69, 9.17) is 9.47 Å². The average molecular weight is 361 g/mol. The lowest BCUT2D eigenvalue weighted by Crippen LogP contribution is -2.30. The summed E-state index contributed by atoms with van der Waals surface area (Å²) in [6.45, 7) is 1.41. The molecule has 0 radical (unpaired) electrons. The summed E-state index contributed by atoms with van der Waals surface area (Å²) in [5.74, 6) is -0.444. The summed E-state index contributed by atoms with van der Waals surface area (Å²) in [4.78, 5) is 32.9. The molecule has 0 heterocycles. The molecule has 0 saturated carbocycles. The first-order chi connectivity index (χ1) is 12.3. The molecule has 0 unspecified atom stereocenters. The van der Waals surface area contributed by atoms with E-state index in [1.54, 1.807) is 0 Å². The van der Waals surface area contributed by atoms with Gasteiger partial charge in [0, 0.05) is 12.1 Å². The van der Waals surface area contributed by atoms with Gasteiger partial charge in [-0.05, 0) is 19.1 Å². The average Bonchev–Trinajstić information content (AvgIpc) is 2.61. The van der Waals surface area contributed by atoms with E-state index in [0.29, 0.717) is 0 Å². The van der Waals surface area contributed by atoms with Crippen molar-refractivity contribution in [2.75, 3.05) is 12.4 Å². The molecule has 10 heteroatoms. The van der Waals surface area contributed by atoms with E-state index in [1.165, 1.54) is 50.4 Å². The summed E-state index contributed by atoms with van der Waals surface area (Å²) in [7, 11) is 1.35. The van der Waals surface area contributed by atoms with Gasteiger partial charge in [0.2, 0.25) is 0 Å². The van der Waals surface area contributed by atoms with Crippen LogP contribution in [0.2, 0.25) is 0 Å². The van der Waals surface area contributed by atoms with E-state index in [9.17, 15) is 25.0 Å². The first kappa shape index (κ1) is 18.6. The number of nitro benzene ring substituents is 2. The first-order valence-corrected chi connectivity index (χ1v) is 7.37. The number of carbonyl (C=O) groups is 1. The summed E-state index contributed by atoms with van der Waals surface area (Å²) in [5, 5.41) is 24.3. The van der Waals surface area contributed by atoms with Gasteiger partial charge < -0.3 is 14.8 Å². The minimum absolute atomic E-state index is 0.00640. The summed E-state index contributed by atoms with van der Waals surface area (Å²) in [6, 6.07) is 9.37. The number of hydrogen-bond acceptors (Lipinski definition) is 7. The minimum Gasteiger partial charge on any atom is -0.493 e. The second kappa shape index (κ2) is 7.92. The fourth-order valence-corrected chi connectivity index (χ4v) is 2.09. The predicted molar refractivity (Wildman–Crippen MR) is 91.5 cm³/mol. The molecule has 2 rings (SSSR count). The molecule has 0 aliphatic heterocycles. The molecule has 0 fully saturated rings. The van der Waals surface area contributed by atoms with E-state index < -0.39 is 21.9 Å². The van der Waals surface area contributed by atoms with Gasteiger partial charge >= 0.3 is 0 Å². The molecule has 1 atom stereocenters. The number of hydrogen-bond donors (Lipinski definition) is 1. The molecule has 0 spiro atoms. The highest BCUT2D eigenvalue weighted by Crippen LogP contribution is 2.32. The number of ether oxygens (including phenoxy) is 2. The lowest BCUT2D eigenvalue weighted by atomic mass is 10.2. The SMILES string of the molecule is COc1ccc([N+](=O)[O-])cc1O[C@H](C)C(=O)Nc1ccccc1[N+](=O)[O-]. The molecule has 0 saturated heterocycles. The highest BCUT2D eigenvalue weighted by Gasteiger charge is 2.22. The zero-order valence-corrected chi connectivity index (χ0v) is 13.9. The molecule has 0 aliphatic rings. The zero-order valence-electron chi connectivity index (χ0n) is 13.9. The molecule has 10 nitrogen and oxygen atoms in total. The summed E-state index contributed by atoms with van der Waals surface area (Å²) in [5.41, 5.74) is -0.475. The molecule has 2 aromatic rings. The van der Waals surface area contributed by atoms with Crippen molar-refractivity contribution in [3.05, 3.63) is 62.7 Å². The van der Waals surface area contributed by atoms with Crippen molar-refractivity contribution in [3.63, 3.8) is 0 Å². The van der Waals surface area contributed by atoms with Gasteiger partial charge in [0.15, 0.2) is 17.6 Å². The maximum absolute atomic E-state index is 12.3. The van der Waals surface area contributed by atoms with Crippen LogP contribution in [0.3, 0.4) is 0 Å². The Morgan fingerprint density at radius 2 is 1.77 bits per heavy atom. The largest absolute Gasteiger partial charge is 0.493 e. The molecule has 0 aromatic heterocycles. The van der Waals surface area contributed by atoms with Crippen molar-refractivity contribution in [2.24, 2.45) is 0 Å². The molecule has 26 heavy (non-hydrogen) atoms. The highest BCUT2D eigenvalue weighted by molar-refractivity contribution is 5.96. The van der Waals surface area contributed by atoms with Crippen LogP contribution in [0.5, 0.6) is 11.5 Å². The normalized spacial score (nSPS) is 11.3. The number of benzene rings is 2. The van der Waals surface area contributed by atoms with Crippen molar-refractivity contribution in [1.29, 1.82) is 0 Å². The van der Waals surface area contributed by atoms with Gasteiger partial charge in [-0.15, -0.1) is 0 Å². The quantitative estimate of drug-likeness (QED) is 0.592. The number of methoxy groups -OCH3 is 1. The number of non-ortho nitro benzene ring substituents is 1. The Labute approximate surface area is 147 Å². The third kappa shape index (κ3) is 4.23. The van der Waals surface area contributed by atoms with Crippen LogP contribution in [-0.2, 0) is 4.79 Å². The molecule has 2 aromatic carbocycles. The van der Waals surface area contributed by atoms with Crippen LogP contribution in [0.15, 0.2) is 42.5 Å². The van der Waals surface area contributed by atoms with Gasteiger partial charge in [-0.3, -0.25) is 25.0 Å². The molecule has 1 amide bonds.